The highest BCUT2D eigenvalue weighted by atomic mass is 32.1. The van der Waals surface area contributed by atoms with Crippen LogP contribution in [0.3, 0.4) is 0 Å². The van der Waals surface area contributed by atoms with E-state index in [1.54, 1.807) is 13.1 Å². The number of carbonyl (C=O) groups excluding carboxylic acids is 1. The first-order valence-electron chi connectivity index (χ1n) is 3.73. The lowest BCUT2D eigenvalue weighted by molar-refractivity contribution is 0.546. The van der Waals surface area contributed by atoms with E-state index in [0.717, 1.165) is 17.8 Å². The van der Waals surface area contributed by atoms with Crippen molar-refractivity contribution in [2.75, 3.05) is 0 Å². The molecule has 0 radical (unpaired) electrons. The van der Waals surface area contributed by atoms with Crippen LogP contribution in [-0.4, -0.2) is 20.3 Å². The van der Waals surface area contributed by atoms with Crippen molar-refractivity contribution in [1.29, 1.82) is 0 Å². The van der Waals surface area contributed by atoms with E-state index in [2.05, 4.69) is 9.36 Å². The predicted octanol–water partition coefficient (Wildman–Crippen LogP) is 1.35. The van der Waals surface area contributed by atoms with E-state index < -0.39 is 0 Å². The molecule has 2 heterocycles. The van der Waals surface area contributed by atoms with Crippen LogP contribution >= 0.6 is 11.5 Å². The minimum Gasteiger partial charge on any atom is -0.278 e. The molecule has 0 amide bonds. The molecule has 0 unspecified atom stereocenters. The van der Waals surface area contributed by atoms with Gasteiger partial charge in [-0.05, 0) is 24.5 Å². The lowest BCUT2D eigenvalue weighted by Gasteiger charge is -1.96. The number of aryl methyl sites for hydroxylation is 1. The Morgan fingerprint density at radius 3 is 3.08 bits per heavy atom. The molecule has 4 nitrogen and oxygen atoms in total. The lowest BCUT2D eigenvalue weighted by Crippen LogP contribution is -1.99. The first kappa shape index (κ1) is 8.12. The van der Waals surface area contributed by atoms with Gasteiger partial charge in [0.25, 0.3) is 0 Å². The van der Waals surface area contributed by atoms with E-state index in [4.69, 9.17) is 0 Å². The third kappa shape index (κ3) is 1.27. The van der Waals surface area contributed by atoms with Crippen LogP contribution in [0.15, 0.2) is 17.6 Å². The van der Waals surface area contributed by atoms with Crippen LogP contribution < -0.4 is 0 Å². The van der Waals surface area contributed by atoms with Gasteiger partial charge in [-0.25, -0.2) is 4.98 Å². The van der Waals surface area contributed by atoms with Crippen molar-refractivity contribution in [1.82, 2.24) is 13.9 Å². The first-order valence-corrected chi connectivity index (χ1v) is 4.56. The van der Waals surface area contributed by atoms with Crippen LogP contribution in [0, 0.1) is 6.92 Å². The maximum atomic E-state index is 10.7. The number of nitrogens with zero attached hydrogens (tertiary/aromatic N) is 3. The largest absolute Gasteiger partial charge is 0.278 e. The van der Waals surface area contributed by atoms with Crippen LogP contribution in [0.2, 0.25) is 0 Å². The number of aromatic nitrogens is 3. The highest BCUT2D eigenvalue weighted by Crippen LogP contribution is 2.18. The summed E-state index contributed by atoms with van der Waals surface area (Å²) in [7, 11) is 0. The summed E-state index contributed by atoms with van der Waals surface area (Å²) < 4.78 is 5.61. The van der Waals surface area contributed by atoms with Crippen LogP contribution in [0.25, 0.3) is 11.4 Å². The highest BCUT2D eigenvalue weighted by molar-refractivity contribution is 7.03. The molecule has 66 valence electrons. The van der Waals surface area contributed by atoms with Gasteiger partial charge in [0, 0.05) is 5.38 Å². The van der Waals surface area contributed by atoms with Gasteiger partial charge >= 0.3 is 0 Å². The summed E-state index contributed by atoms with van der Waals surface area (Å²) in [6.07, 6.45) is 2.40. The normalized spacial score (nSPS) is 10.2. The fraction of sp³-hybridized carbons (Fsp3) is 0.125. The smallest absolute Gasteiger partial charge is 0.219 e. The van der Waals surface area contributed by atoms with Crippen LogP contribution in [0.4, 0.5) is 0 Å². The third-order valence-electron chi connectivity index (χ3n) is 1.79. The van der Waals surface area contributed by atoms with Crippen molar-refractivity contribution >= 4 is 17.9 Å². The van der Waals surface area contributed by atoms with E-state index >= 15 is 0 Å². The number of rotatable bonds is 2. The van der Waals surface area contributed by atoms with E-state index in [-0.39, 0.29) is 0 Å². The van der Waals surface area contributed by atoms with Gasteiger partial charge in [-0.2, -0.15) is 4.37 Å². The Morgan fingerprint density at radius 1 is 1.62 bits per heavy atom. The summed E-state index contributed by atoms with van der Waals surface area (Å²) in [6, 6.07) is 1.86. The Hall–Kier alpha value is -1.49. The molecule has 13 heavy (non-hydrogen) atoms. The predicted molar refractivity (Wildman–Crippen MR) is 50.2 cm³/mol. The molecule has 0 atom stereocenters. The second-order valence-corrected chi connectivity index (χ2v) is 3.22. The summed E-state index contributed by atoms with van der Waals surface area (Å²) in [4.78, 5) is 14.7. The molecule has 2 aromatic heterocycles. The summed E-state index contributed by atoms with van der Waals surface area (Å²) in [5, 5.41) is 1.87. The molecule has 0 saturated carbocycles. The average molecular weight is 193 g/mol. The zero-order chi connectivity index (χ0) is 9.26. The monoisotopic (exact) mass is 193 g/mol. The Bertz CT molecular complexity index is 419. The molecule has 0 aliphatic rings. The molecule has 0 spiro atoms. The highest BCUT2D eigenvalue weighted by Gasteiger charge is 2.08. The van der Waals surface area contributed by atoms with E-state index in [0.29, 0.717) is 5.82 Å². The molecule has 0 fully saturated rings. The molecule has 0 aliphatic carbocycles. The minimum atomic E-state index is 0.679. The van der Waals surface area contributed by atoms with Crippen LogP contribution in [-0.2, 0) is 4.79 Å². The summed E-state index contributed by atoms with van der Waals surface area (Å²) >= 11 is 1.36. The molecular weight excluding hydrogens is 186 g/mol. The number of hydrogen-bond donors (Lipinski definition) is 0. The fourth-order valence-corrected chi connectivity index (χ4v) is 1.64. The molecule has 0 N–H and O–H groups in total. The molecule has 0 aromatic carbocycles. The summed E-state index contributed by atoms with van der Waals surface area (Å²) in [5.41, 5.74) is 1.53. The first-order chi connectivity index (χ1) is 6.33. The second kappa shape index (κ2) is 3.10. The number of imidazole rings is 1. The summed E-state index contributed by atoms with van der Waals surface area (Å²) in [5.74, 6) is 0.679. The third-order valence-corrected chi connectivity index (χ3v) is 2.35. The van der Waals surface area contributed by atoms with Gasteiger partial charge in [0.1, 0.15) is 11.5 Å². The summed E-state index contributed by atoms with van der Waals surface area (Å²) in [6.45, 7) is 1.78. The van der Waals surface area contributed by atoms with Crippen molar-refractivity contribution in [3.63, 3.8) is 0 Å². The van der Waals surface area contributed by atoms with Crippen LogP contribution in [0.5, 0.6) is 0 Å². The molecule has 0 saturated heterocycles. The molecule has 2 rings (SSSR count). The number of carbonyl (C=O) groups is 1. The zero-order valence-corrected chi connectivity index (χ0v) is 7.78. The Kier molecular flexibility index (Phi) is 1.94. The van der Waals surface area contributed by atoms with Crippen molar-refractivity contribution in [3.8, 4) is 11.4 Å². The topological polar surface area (TPSA) is 47.8 Å². The van der Waals surface area contributed by atoms with Gasteiger partial charge in [-0.15, -0.1) is 0 Å². The van der Waals surface area contributed by atoms with Crippen molar-refractivity contribution in [2.24, 2.45) is 0 Å². The fourth-order valence-electron chi connectivity index (χ4n) is 1.12. The minimum absolute atomic E-state index is 0.679. The van der Waals surface area contributed by atoms with Crippen LogP contribution in [0.1, 0.15) is 5.82 Å². The van der Waals surface area contributed by atoms with Gasteiger partial charge in [0.05, 0.1) is 11.9 Å². The molecule has 0 aliphatic heterocycles. The van der Waals surface area contributed by atoms with E-state index in [1.807, 2.05) is 11.4 Å². The quantitative estimate of drug-likeness (QED) is 0.676. The number of hydrogen-bond acceptors (Lipinski definition) is 4. The molecule has 0 bridgehead atoms. The van der Waals surface area contributed by atoms with E-state index in [1.165, 1.54) is 16.1 Å². The molecular formula is C8H7N3OS. The Morgan fingerprint density at radius 2 is 2.46 bits per heavy atom. The zero-order valence-electron chi connectivity index (χ0n) is 6.97. The Labute approximate surface area is 79.0 Å². The van der Waals surface area contributed by atoms with Crippen molar-refractivity contribution in [2.45, 2.75) is 6.92 Å². The maximum Gasteiger partial charge on any atom is 0.219 e. The standard InChI is InChI=1S/C8H7N3OS/c1-6-9-4-8(11(6)5-12)7-2-3-13-10-7/h2-5H,1H3. The molecule has 5 heteroatoms. The average Bonchev–Trinajstić information content (AvgIpc) is 2.71. The Balaban J connectivity index is 2.58. The van der Waals surface area contributed by atoms with Crippen molar-refractivity contribution in [3.05, 3.63) is 23.5 Å². The van der Waals surface area contributed by atoms with Gasteiger partial charge in [0.2, 0.25) is 6.41 Å². The van der Waals surface area contributed by atoms with Gasteiger partial charge in [-0.1, -0.05) is 0 Å². The lowest BCUT2D eigenvalue weighted by atomic mass is 10.3. The van der Waals surface area contributed by atoms with E-state index in [9.17, 15) is 4.79 Å². The van der Waals surface area contributed by atoms with Gasteiger partial charge in [0.15, 0.2) is 0 Å². The SMILES string of the molecule is Cc1ncc(-c2ccsn2)n1C=O. The second-order valence-electron chi connectivity index (χ2n) is 2.55. The molecule has 2 aromatic rings. The van der Waals surface area contributed by atoms with Gasteiger partial charge < -0.3 is 0 Å². The van der Waals surface area contributed by atoms with Crippen molar-refractivity contribution < 1.29 is 4.79 Å². The van der Waals surface area contributed by atoms with Gasteiger partial charge in [-0.3, -0.25) is 9.36 Å². The maximum absolute atomic E-state index is 10.7.